The first kappa shape index (κ1) is 11.0. The quantitative estimate of drug-likeness (QED) is 0.798. The van der Waals surface area contributed by atoms with Crippen LogP contribution in [0.25, 0.3) is 0 Å². The molecule has 0 aliphatic carbocycles. The van der Waals surface area contributed by atoms with Crippen LogP contribution < -0.4 is 10.3 Å². The molecule has 1 heterocycles. The van der Waals surface area contributed by atoms with Gasteiger partial charge in [0, 0.05) is 6.07 Å². The summed E-state index contributed by atoms with van der Waals surface area (Å²) in [5.74, 6) is -0.713. The highest BCUT2D eigenvalue weighted by Crippen LogP contribution is 2.08. The molecule has 4 nitrogen and oxygen atoms in total. The Hall–Kier alpha value is -1.10. The predicted molar refractivity (Wildman–Crippen MR) is 55.5 cm³/mol. The number of carboxylic acid groups (broad SMARTS) is 1. The van der Waals surface area contributed by atoms with Gasteiger partial charge in [0.2, 0.25) is 0 Å². The average molecular weight is 260 g/mol. The molecular weight excluding hydrogens is 248 g/mol. The van der Waals surface area contributed by atoms with Crippen LogP contribution >= 0.6 is 15.9 Å². The van der Waals surface area contributed by atoms with Gasteiger partial charge in [0.25, 0.3) is 5.82 Å². The topological polar surface area (TPSA) is 67.2 Å². The predicted octanol–water partition coefficient (Wildman–Crippen LogP) is 1.04. The lowest BCUT2D eigenvalue weighted by atomic mass is 10.2. The molecule has 1 aromatic rings. The van der Waals surface area contributed by atoms with Crippen LogP contribution in [0.3, 0.4) is 0 Å². The minimum atomic E-state index is -0.822. The second-order valence-electron chi connectivity index (χ2n) is 3.16. The number of hydrogen-bond acceptors (Lipinski definition) is 2. The van der Waals surface area contributed by atoms with Crippen LogP contribution in [0.15, 0.2) is 22.8 Å². The van der Waals surface area contributed by atoms with Gasteiger partial charge in [-0.2, -0.15) is 0 Å². The molecule has 5 heteroatoms. The maximum atomic E-state index is 10.6. The van der Waals surface area contributed by atoms with Gasteiger partial charge < -0.3 is 5.11 Å². The lowest BCUT2D eigenvalue weighted by Crippen LogP contribution is -2.41. The van der Waals surface area contributed by atoms with Gasteiger partial charge in [-0.3, -0.25) is 10.5 Å². The van der Waals surface area contributed by atoms with Crippen molar-refractivity contribution < 1.29 is 14.5 Å². The maximum absolute atomic E-state index is 10.6. The SMILES string of the molecule is CC(C[n+]1cc(Br)ccc1N)C(=O)O. The number of aromatic nitrogens is 1. The second-order valence-corrected chi connectivity index (χ2v) is 4.08. The third kappa shape index (κ3) is 2.70. The molecule has 0 bridgehead atoms. The van der Waals surface area contributed by atoms with Crippen LogP contribution in [-0.2, 0) is 11.3 Å². The maximum Gasteiger partial charge on any atom is 0.310 e. The number of nitrogen functional groups attached to an aromatic ring is 1. The van der Waals surface area contributed by atoms with Gasteiger partial charge in [0.15, 0.2) is 0 Å². The molecule has 1 rings (SSSR count). The summed E-state index contributed by atoms with van der Waals surface area (Å²) >= 11 is 3.30. The summed E-state index contributed by atoms with van der Waals surface area (Å²) in [7, 11) is 0. The lowest BCUT2D eigenvalue weighted by Gasteiger charge is -2.06. The summed E-state index contributed by atoms with van der Waals surface area (Å²) < 4.78 is 2.59. The number of hydrogen-bond donors (Lipinski definition) is 2. The Kier molecular flexibility index (Phi) is 3.46. The van der Waals surface area contributed by atoms with E-state index in [1.54, 1.807) is 23.8 Å². The van der Waals surface area contributed by atoms with E-state index in [0.717, 1.165) is 4.47 Å². The van der Waals surface area contributed by atoms with Crippen molar-refractivity contribution in [3.63, 3.8) is 0 Å². The van der Waals surface area contributed by atoms with E-state index in [-0.39, 0.29) is 0 Å². The third-order valence-corrected chi connectivity index (χ3v) is 2.39. The van der Waals surface area contributed by atoms with E-state index in [1.165, 1.54) is 0 Å². The Balaban J connectivity index is 2.85. The van der Waals surface area contributed by atoms with E-state index < -0.39 is 11.9 Å². The Morgan fingerprint density at radius 3 is 2.93 bits per heavy atom. The molecule has 0 aliphatic rings. The van der Waals surface area contributed by atoms with Gasteiger partial charge in [-0.15, -0.1) is 0 Å². The van der Waals surface area contributed by atoms with Crippen LogP contribution in [0.4, 0.5) is 5.82 Å². The fraction of sp³-hybridized carbons (Fsp3) is 0.333. The number of aliphatic carboxylic acids is 1. The van der Waals surface area contributed by atoms with Crippen molar-refractivity contribution in [2.24, 2.45) is 5.92 Å². The van der Waals surface area contributed by atoms with E-state index in [4.69, 9.17) is 10.8 Å². The summed E-state index contributed by atoms with van der Waals surface area (Å²) in [6, 6.07) is 3.55. The molecule has 14 heavy (non-hydrogen) atoms. The Morgan fingerprint density at radius 2 is 2.36 bits per heavy atom. The molecular formula is C9H12BrN2O2+. The number of rotatable bonds is 3. The highest BCUT2D eigenvalue weighted by molar-refractivity contribution is 9.10. The fourth-order valence-corrected chi connectivity index (χ4v) is 1.44. The largest absolute Gasteiger partial charge is 0.481 e. The normalized spacial score (nSPS) is 12.4. The number of halogens is 1. The van der Waals surface area contributed by atoms with E-state index in [9.17, 15) is 4.79 Å². The molecule has 1 unspecified atom stereocenters. The summed E-state index contributed by atoms with van der Waals surface area (Å²) in [6.07, 6.45) is 1.77. The molecule has 0 fully saturated rings. The summed E-state index contributed by atoms with van der Waals surface area (Å²) in [5, 5.41) is 8.74. The molecule has 76 valence electrons. The van der Waals surface area contributed by atoms with Crippen molar-refractivity contribution >= 4 is 27.7 Å². The molecule has 0 saturated carbocycles. The van der Waals surface area contributed by atoms with Crippen molar-refractivity contribution in [2.75, 3.05) is 5.73 Å². The molecule has 0 aliphatic heterocycles. The van der Waals surface area contributed by atoms with Crippen molar-refractivity contribution in [1.29, 1.82) is 0 Å². The highest BCUT2D eigenvalue weighted by Gasteiger charge is 2.16. The molecule has 3 N–H and O–H groups in total. The molecule has 1 aromatic heterocycles. The molecule has 0 radical (unpaired) electrons. The Labute approximate surface area is 90.5 Å². The van der Waals surface area contributed by atoms with E-state index in [1.807, 2.05) is 6.07 Å². The van der Waals surface area contributed by atoms with Gasteiger partial charge in [-0.25, -0.2) is 4.57 Å². The number of pyridine rings is 1. The number of carboxylic acids is 1. The molecule has 0 amide bonds. The van der Waals surface area contributed by atoms with Gasteiger partial charge in [0.05, 0.1) is 10.4 Å². The summed E-state index contributed by atoms with van der Waals surface area (Å²) in [4.78, 5) is 10.6. The minimum absolute atomic E-state index is 0.376. The van der Waals surface area contributed by atoms with E-state index in [2.05, 4.69) is 15.9 Å². The smallest absolute Gasteiger partial charge is 0.310 e. The third-order valence-electron chi connectivity index (χ3n) is 1.92. The van der Waals surface area contributed by atoms with Gasteiger partial charge >= 0.3 is 5.97 Å². The van der Waals surface area contributed by atoms with Crippen molar-refractivity contribution in [2.45, 2.75) is 13.5 Å². The number of carbonyl (C=O) groups is 1. The average Bonchev–Trinajstić information content (AvgIpc) is 2.11. The lowest BCUT2D eigenvalue weighted by molar-refractivity contribution is -0.687. The first-order valence-corrected chi connectivity index (χ1v) is 4.97. The zero-order chi connectivity index (χ0) is 10.7. The van der Waals surface area contributed by atoms with E-state index in [0.29, 0.717) is 12.4 Å². The monoisotopic (exact) mass is 259 g/mol. The van der Waals surface area contributed by atoms with Crippen LogP contribution in [0.5, 0.6) is 0 Å². The van der Waals surface area contributed by atoms with Gasteiger partial charge in [-0.1, -0.05) is 0 Å². The highest BCUT2D eigenvalue weighted by atomic mass is 79.9. The minimum Gasteiger partial charge on any atom is -0.481 e. The Morgan fingerprint density at radius 1 is 1.71 bits per heavy atom. The molecule has 1 atom stereocenters. The second kappa shape index (κ2) is 4.41. The zero-order valence-corrected chi connectivity index (χ0v) is 9.36. The number of nitrogens with zero attached hydrogens (tertiary/aromatic N) is 1. The molecule has 0 saturated heterocycles. The number of anilines is 1. The van der Waals surface area contributed by atoms with Crippen molar-refractivity contribution in [3.8, 4) is 0 Å². The Bertz CT molecular complexity index is 355. The zero-order valence-electron chi connectivity index (χ0n) is 7.77. The van der Waals surface area contributed by atoms with Crippen LogP contribution in [0, 0.1) is 5.92 Å². The first-order valence-electron chi connectivity index (χ1n) is 4.18. The molecule has 0 spiro atoms. The fourth-order valence-electron chi connectivity index (χ4n) is 1.06. The van der Waals surface area contributed by atoms with E-state index >= 15 is 0 Å². The van der Waals surface area contributed by atoms with Crippen LogP contribution in [0.1, 0.15) is 6.92 Å². The van der Waals surface area contributed by atoms with Crippen LogP contribution in [0.2, 0.25) is 0 Å². The van der Waals surface area contributed by atoms with Gasteiger partial charge in [0.1, 0.15) is 12.7 Å². The van der Waals surface area contributed by atoms with Gasteiger partial charge in [-0.05, 0) is 28.9 Å². The van der Waals surface area contributed by atoms with Crippen LogP contribution in [-0.4, -0.2) is 11.1 Å². The van der Waals surface area contributed by atoms with Crippen molar-refractivity contribution in [3.05, 3.63) is 22.8 Å². The number of nitrogens with two attached hydrogens (primary N) is 1. The summed E-state index contributed by atoms with van der Waals surface area (Å²) in [5.41, 5.74) is 5.69. The van der Waals surface area contributed by atoms with Crippen molar-refractivity contribution in [1.82, 2.24) is 0 Å². The summed E-state index contributed by atoms with van der Waals surface area (Å²) in [6.45, 7) is 2.02. The molecule has 0 aromatic carbocycles. The first-order chi connectivity index (χ1) is 6.50. The standard InChI is InChI=1S/C9H11BrN2O2/c1-6(9(13)14)4-12-5-7(10)2-3-8(12)11/h2-3,5-6,11H,4H2,1H3,(H,13,14)/p+1.